The Hall–Kier alpha value is -1.99. The predicted molar refractivity (Wildman–Crippen MR) is 93.4 cm³/mol. The zero-order chi connectivity index (χ0) is 17.1. The van der Waals surface area contributed by atoms with E-state index < -0.39 is 0 Å². The van der Waals surface area contributed by atoms with Gasteiger partial charge in [0.05, 0.1) is 11.8 Å². The molecule has 1 aromatic carbocycles. The normalized spacial score (nSPS) is 23.5. The monoisotopic (exact) mass is 347 g/mol. The molecule has 0 bridgehead atoms. The molecule has 136 valence electrons. The summed E-state index contributed by atoms with van der Waals surface area (Å²) in [5.41, 5.74) is 0.670. The Labute approximate surface area is 147 Å². The highest BCUT2D eigenvalue weighted by atomic mass is 16.6. The Kier molecular flexibility index (Phi) is 4.94. The first-order valence-electron chi connectivity index (χ1n) is 9.08. The summed E-state index contributed by atoms with van der Waals surface area (Å²) in [6.45, 7) is 6.14. The minimum absolute atomic E-state index is 0.0839. The van der Waals surface area contributed by atoms with Crippen LogP contribution in [0.3, 0.4) is 0 Å². The van der Waals surface area contributed by atoms with Crippen molar-refractivity contribution in [3.63, 3.8) is 0 Å². The summed E-state index contributed by atoms with van der Waals surface area (Å²) >= 11 is 0. The molecule has 3 heterocycles. The number of piperazine rings is 1. The maximum Gasteiger partial charge on any atom is 0.322 e. The summed E-state index contributed by atoms with van der Waals surface area (Å²) in [6, 6.07) is 5.48. The van der Waals surface area contributed by atoms with Gasteiger partial charge in [-0.15, -0.1) is 0 Å². The number of carbonyl (C=O) groups excluding carboxylic acids is 1. The number of anilines is 1. The minimum atomic E-state index is -0.0839. The number of hydrogen-bond acceptors (Lipinski definition) is 5. The molecule has 2 fully saturated rings. The third-order valence-electron chi connectivity index (χ3n) is 4.95. The van der Waals surface area contributed by atoms with Crippen LogP contribution in [0.15, 0.2) is 18.2 Å². The number of para-hydroxylation sites is 1. The van der Waals surface area contributed by atoms with E-state index in [0.717, 1.165) is 45.8 Å². The third-order valence-corrected chi connectivity index (χ3v) is 4.95. The number of fused-ring (bicyclic) bond motifs is 1. The summed E-state index contributed by atoms with van der Waals surface area (Å²) < 4.78 is 16.9. The number of carbonyl (C=O) groups is 1. The quantitative estimate of drug-likeness (QED) is 0.903. The van der Waals surface area contributed by atoms with Gasteiger partial charge in [-0.3, -0.25) is 4.90 Å². The van der Waals surface area contributed by atoms with Crippen LogP contribution in [0.25, 0.3) is 0 Å². The molecular weight excluding hydrogens is 322 g/mol. The summed E-state index contributed by atoms with van der Waals surface area (Å²) in [5.74, 6) is 1.31. The van der Waals surface area contributed by atoms with Crippen LogP contribution in [-0.4, -0.2) is 74.5 Å². The van der Waals surface area contributed by atoms with Gasteiger partial charge in [0.15, 0.2) is 11.5 Å². The molecule has 7 heteroatoms. The number of amides is 2. The van der Waals surface area contributed by atoms with Crippen molar-refractivity contribution in [3.8, 4) is 11.5 Å². The van der Waals surface area contributed by atoms with Crippen molar-refractivity contribution in [2.45, 2.75) is 18.9 Å². The van der Waals surface area contributed by atoms with E-state index in [0.29, 0.717) is 36.5 Å². The maximum atomic E-state index is 12.6. The smallest absolute Gasteiger partial charge is 0.322 e. The third kappa shape index (κ3) is 3.82. The van der Waals surface area contributed by atoms with Gasteiger partial charge in [-0.25, -0.2) is 4.79 Å². The number of nitrogens with one attached hydrogen (secondary N) is 1. The first kappa shape index (κ1) is 16.5. The lowest BCUT2D eigenvalue weighted by atomic mass is 10.2. The van der Waals surface area contributed by atoms with E-state index in [1.165, 1.54) is 6.42 Å². The molecule has 25 heavy (non-hydrogen) atoms. The Bertz CT molecular complexity index is 610. The largest absolute Gasteiger partial charge is 0.486 e. The fourth-order valence-corrected chi connectivity index (χ4v) is 3.58. The highest BCUT2D eigenvalue weighted by Crippen LogP contribution is 2.37. The topological polar surface area (TPSA) is 63.3 Å². The molecule has 0 saturated carbocycles. The van der Waals surface area contributed by atoms with Crippen molar-refractivity contribution in [2.75, 3.05) is 57.9 Å². The molecule has 3 aliphatic rings. The standard InChI is InChI=1S/C18H25N3O4/c22-18(19-15-4-1-5-16-17(15)25-12-11-24-16)21-8-6-20(7-9-21)13-14-3-2-10-23-14/h1,4-5,14H,2-3,6-13H2,(H,19,22)/t14-/m0/s1. The van der Waals surface area contributed by atoms with Crippen LogP contribution in [0.2, 0.25) is 0 Å². The number of nitrogens with zero attached hydrogens (tertiary/aromatic N) is 2. The SMILES string of the molecule is O=C(Nc1cccc2c1OCCO2)N1CCN(C[C@@H]2CCCO2)CC1. The van der Waals surface area contributed by atoms with E-state index in [4.69, 9.17) is 14.2 Å². The minimum Gasteiger partial charge on any atom is -0.486 e. The van der Waals surface area contributed by atoms with E-state index in [1.807, 2.05) is 23.1 Å². The van der Waals surface area contributed by atoms with Gasteiger partial charge in [0.2, 0.25) is 0 Å². The summed E-state index contributed by atoms with van der Waals surface area (Å²) in [5, 5.41) is 2.97. The first-order valence-corrected chi connectivity index (χ1v) is 9.08. The summed E-state index contributed by atoms with van der Waals surface area (Å²) in [7, 11) is 0. The molecular formula is C18H25N3O4. The van der Waals surface area contributed by atoms with Crippen molar-refractivity contribution >= 4 is 11.7 Å². The number of benzene rings is 1. The van der Waals surface area contributed by atoms with Gasteiger partial charge in [0.25, 0.3) is 0 Å². The molecule has 0 aliphatic carbocycles. The average Bonchev–Trinajstić information content (AvgIpc) is 3.16. The highest BCUT2D eigenvalue weighted by molar-refractivity contribution is 5.91. The second-order valence-corrected chi connectivity index (χ2v) is 6.68. The van der Waals surface area contributed by atoms with Gasteiger partial charge < -0.3 is 24.4 Å². The van der Waals surface area contributed by atoms with Gasteiger partial charge in [-0.1, -0.05) is 6.07 Å². The van der Waals surface area contributed by atoms with Crippen molar-refractivity contribution < 1.29 is 19.0 Å². The molecule has 0 aromatic heterocycles. The van der Waals surface area contributed by atoms with Gasteiger partial charge in [0.1, 0.15) is 13.2 Å². The van der Waals surface area contributed by atoms with E-state index in [9.17, 15) is 4.79 Å². The molecule has 1 N–H and O–H groups in total. The lowest BCUT2D eigenvalue weighted by molar-refractivity contribution is 0.0571. The van der Waals surface area contributed by atoms with E-state index >= 15 is 0 Å². The van der Waals surface area contributed by atoms with Gasteiger partial charge in [0, 0.05) is 39.3 Å². The fourth-order valence-electron chi connectivity index (χ4n) is 3.58. The molecule has 0 spiro atoms. The first-order chi connectivity index (χ1) is 12.3. The van der Waals surface area contributed by atoms with Crippen molar-refractivity contribution in [1.82, 2.24) is 9.80 Å². The van der Waals surface area contributed by atoms with Crippen LogP contribution in [0.1, 0.15) is 12.8 Å². The summed E-state index contributed by atoms with van der Waals surface area (Å²) in [6.07, 6.45) is 2.69. The van der Waals surface area contributed by atoms with E-state index in [2.05, 4.69) is 10.2 Å². The van der Waals surface area contributed by atoms with Crippen LogP contribution >= 0.6 is 0 Å². The molecule has 0 radical (unpaired) electrons. The van der Waals surface area contributed by atoms with Crippen LogP contribution in [-0.2, 0) is 4.74 Å². The zero-order valence-electron chi connectivity index (χ0n) is 14.4. The van der Waals surface area contributed by atoms with Gasteiger partial charge >= 0.3 is 6.03 Å². The molecule has 3 aliphatic heterocycles. The predicted octanol–water partition coefficient (Wildman–Crippen LogP) is 1.79. The van der Waals surface area contributed by atoms with Crippen LogP contribution in [0.4, 0.5) is 10.5 Å². The number of hydrogen-bond donors (Lipinski definition) is 1. The van der Waals surface area contributed by atoms with Crippen LogP contribution < -0.4 is 14.8 Å². The summed E-state index contributed by atoms with van der Waals surface area (Å²) in [4.78, 5) is 16.8. The second-order valence-electron chi connectivity index (χ2n) is 6.68. The molecule has 0 unspecified atom stereocenters. The van der Waals surface area contributed by atoms with Gasteiger partial charge in [-0.05, 0) is 25.0 Å². The molecule has 7 nitrogen and oxygen atoms in total. The zero-order valence-corrected chi connectivity index (χ0v) is 14.4. The lowest BCUT2D eigenvalue weighted by Crippen LogP contribution is -2.51. The average molecular weight is 347 g/mol. The Balaban J connectivity index is 1.31. The van der Waals surface area contributed by atoms with Crippen molar-refractivity contribution in [2.24, 2.45) is 0 Å². The van der Waals surface area contributed by atoms with Crippen molar-refractivity contribution in [3.05, 3.63) is 18.2 Å². The Morgan fingerprint density at radius 3 is 2.76 bits per heavy atom. The molecule has 2 amide bonds. The Morgan fingerprint density at radius 1 is 1.12 bits per heavy atom. The van der Waals surface area contributed by atoms with Crippen LogP contribution in [0, 0.1) is 0 Å². The van der Waals surface area contributed by atoms with Gasteiger partial charge in [-0.2, -0.15) is 0 Å². The molecule has 2 saturated heterocycles. The number of urea groups is 1. The molecule has 1 aromatic rings. The fraction of sp³-hybridized carbons (Fsp3) is 0.611. The second kappa shape index (κ2) is 7.49. The van der Waals surface area contributed by atoms with Crippen molar-refractivity contribution in [1.29, 1.82) is 0 Å². The maximum absolute atomic E-state index is 12.6. The van der Waals surface area contributed by atoms with E-state index in [-0.39, 0.29) is 6.03 Å². The van der Waals surface area contributed by atoms with E-state index in [1.54, 1.807) is 0 Å². The molecule has 4 rings (SSSR count). The lowest BCUT2D eigenvalue weighted by Gasteiger charge is -2.35. The number of rotatable bonds is 3. The molecule has 1 atom stereocenters. The highest BCUT2D eigenvalue weighted by Gasteiger charge is 2.26. The Morgan fingerprint density at radius 2 is 1.96 bits per heavy atom. The number of ether oxygens (including phenoxy) is 3. The van der Waals surface area contributed by atoms with Crippen LogP contribution in [0.5, 0.6) is 11.5 Å².